The van der Waals surface area contributed by atoms with Gasteiger partial charge in [-0.25, -0.2) is 0 Å². The molecule has 1 aromatic carbocycles. The van der Waals surface area contributed by atoms with Gasteiger partial charge in [-0.2, -0.15) is 0 Å². The lowest BCUT2D eigenvalue weighted by molar-refractivity contribution is -0.140. The molecule has 2 amide bonds. The highest BCUT2D eigenvalue weighted by Crippen LogP contribution is 2.25. The number of likely N-dealkylation sites (tertiary alicyclic amines) is 1. The number of benzene rings is 1. The molecule has 1 aliphatic rings. The second kappa shape index (κ2) is 5.53. The maximum Gasteiger partial charge on any atom is 0.252 e. The molecule has 5 nitrogen and oxygen atoms in total. The number of nitrogens with one attached hydrogen (secondary N) is 1. The molecule has 0 spiro atoms. The van der Waals surface area contributed by atoms with Crippen molar-refractivity contribution in [1.29, 1.82) is 0 Å². The zero-order valence-corrected chi connectivity index (χ0v) is 12.3. The molecular formula is C15H20N2O3. The molecule has 1 fully saturated rings. The summed E-state index contributed by atoms with van der Waals surface area (Å²) in [5.74, 6) is 0.500. The van der Waals surface area contributed by atoms with Crippen molar-refractivity contribution in [1.82, 2.24) is 4.90 Å². The quantitative estimate of drug-likeness (QED) is 0.854. The van der Waals surface area contributed by atoms with Gasteiger partial charge in [-0.1, -0.05) is 0 Å². The van der Waals surface area contributed by atoms with Crippen molar-refractivity contribution >= 4 is 17.5 Å². The van der Waals surface area contributed by atoms with Crippen LogP contribution in [-0.2, 0) is 9.59 Å². The van der Waals surface area contributed by atoms with Crippen molar-refractivity contribution in [2.24, 2.45) is 0 Å². The highest BCUT2D eigenvalue weighted by molar-refractivity contribution is 6.07. The fourth-order valence-corrected chi connectivity index (χ4v) is 2.42. The largest absolute Gasteiger partial charge is 0.497 e. The summed E-state index contributed by atoms with van der Waals surface area (Å²) in [4.78, 5) is 25.4. The Kier molecular flexibility index (Phi) is 3.97. The Hall–Kier alpha value is -2.04. The van der Waals surface area contributed by atoms with Gasteiger partial charge in [0, 0.05) is 11.7 Å². The third-order valence-electron chi connectivity index (χ3n) is 3.46. The first-order valence-electron chi connectivity index (χ1n) is 6.71. The maximum absolute atomic E-state index is 12.2. The molecule has 0 bridgehead atoms. The van der Waals surface area contributed by atoms with Gasteiger partial charge in [0.25, 0.3) is 5.91 Å². The van der Waals surface area contributed by atoms with E-state index in [2.05, 4.69) is 5.32 Å². The molecule has 20 heavy (non-hydrogen) atoms. The van der Waals surface area contributed by atoms with Crippen LogP contribution in [0.1, 0.15) is 25.8 Å². The van der Waals surface area contributed by atoms with Crippen LogP contribution in [0.15, 0.2) is 18.2 Å². The van der Waals surface area contributed by atoms with Gasteiger partial charge in [0.1, 0.15) is 11.8 Å². The molecule has 0 saturated carbocycles. The summed E-state index contributed by atoms with van der Waals surface area (Å²) in [7, 11) is 1.61. The summed E-state index contributed by atoms with van der Waals surface area (Å²) in [5, 5.41) is 3.16. The fourth-order valence-electron chi connectivity index (χ4n) is 2.42. The predicted octanol–water partition coefficient (Wildman–Crippen LogP) is 1.95. The molecule has 1 N–H and O–H groups in total. The smallest absolute Gasteiger partial charge is 0.252 e. The molecule has 1 aromatic rings. The zero-order chi connectivity index (χ0) is 14.9. The van der Waals surface area contributed by atoms with Crippen LogP contribution < -0.4 is 10.1 Å². The number of ether oxygens (including phenoxy) is 1. The van der Waals surface area contributed by atoms with Gasteiger partial charge in [-0.05, 0) is 44.5 Å². The van der Waals surface area contributed by atoms with E-state index in [1.54, 1.807) is 7.11 Å². The van der Waals surface area contributed by atoms with Gasteiger partial charge in [0.15, 0.2) is 0 Å². The third-order valence-corrected chi connectivity index (χ3v) is 3.46. The van der Waals surface area contributed by atoms with Gasteiger partial charge in [0.05, 0.1) is 13.5 Å². The van der Waals surface area contributed by atoms with Gasteiger partial charge >= 0.3 is 0 Å². The molecule has 1 unspecified atom stereocenters. The van der Waals surface area contributed by atoms with Crippen LogP contribution in [0.2, 0.25) is 0 Å². The van der Waals surface area contributed by atoms with E-state index in [4.69, 9.17) is 4.74 Å². The SMILES string of the molecule is COc1ccc(NC2CC(=O)N(C(C)C)C2=O)c(C)c1. The number of carbonyl (C=O) groups excluding carboxylic acids is 2. The van der Waals surface area contributed by atoms with E-state index in [-0.39, 0.29) is 24.3 Å². The van der Waals surface area contributed by atoms with Crippen molar-refractivity contribution in [3.05, 3.63) is 23.8 Å². The number of amides is 2. The number of anilines is 1. The Bertz CT molecular complexity index is 540. The highest BCUT2D eigenvalue weighted by Gasteiger charge is 2.39. The molecule has 0 aromatic heterocycles. The number of rotatable bonds is 4. The lowest BCUT2D eigenvalue weighted by Crippen LogP contribution is -2.39. The molecule has 1 heterocycles. The first kappa shape index (κ1) is 14.4. The molecule has 0 aliphatic carbocycles. The number of nitrogens with zero attached hydrogens (tertiary/aromatic N) is 1. The number of hydrogen-bond donors (Lipinski definition) is 1. The molecule has 1 atom stereocenters. The molecule has 1 saturated heterocycles. The predicted molar refractivity (Wildman–Crippen MR) is 76.7 cm³/mol. The zero-order valence-electron chi connectivity index (χ0n) is 12.3. The summed E-state index contributed by atoms with van der Waals surface area (Å²) < 4.78 is 5.15. The minimum atomic E-state index is -0.475. The lowest BCUT2D eigenvalue weighted by atomic mass is 10.1. The first-order valence-corrected chi connectivity index (χ1v) is 6.71. The van der Waals surface area contributed by atoms with Gasteiger partial charge in [0.2, 0.25) is 5.91 Å². The van der Waals surface area contributed by atoms with Crippen molar-refractivity contribution in [3.8, 4) is 5.75 Å². The minimum Gasteiger partial charge on any atom is -0.497 e. The second-order valence-electron chi connectivity index (χ2n) is 5.28. The summed E-state index contributed by atoms with van der Waals surface area (Å²) in [6, 6.07) is 5.01. The van der Waals surface area contributed by atoms with Crippen molar-refractivity contribution < 1.29 is 14.3 Å². The molecular weight excluding hydrogens is 256 g/mol. The van der Waals surface area contributed by atoms with E-state index in [1.807, 2.05) is 39.0 Å². The second-order valence-corrected chi connectivity index (χ2v) is 5.28. The first-order chi connectivity index (χ1) is 9.43. The van der Waals surface area contributed by atoms with Crippen LogP contribution in [0.5, 0.6) is 5.75 Å². The van der Waals surface area contributed by atoms with Crippen LogP contribution >= 0.6 is 0 Å². The molecule has 108 valence electrons. The van der Waals surface area contributed by atoms with Crippen molar-refractivity contribution in [3.63, 3.8) is 0 Å². The highest BCUT2D eigenvalue weighted by atomic mass is 16.5. The Morgan fingerprint density at radius 1 is 1.35 bits per heavy atom. The van der Waals surface area contributed by atoms with Crippen LogP contribution in [0.25, 0.3) is 0 Å². The average Bonchev–Trinajstić information content (AvgIpc) is 2.66. The van der Waals surface area contributed by atoms with E-state index < -0.39 is 6.04 Å². The molecule has 2 rings (SSSR count). The van der Waals surface area contributed by atoms with E-state index >= 15 is 0 Å². The third kappa shape index (κ3) is 2.61. The van der Waals surface area contributed by atoms with Crippen molar-refractivity contribution in [2.45, 2.75) is 39.3 Å². The molecule has 0 radical (unpaired) electrons. The standard InChI is InChI=1S/C15H20N2O3/c1-9(2)17-14(18)8-13(15(17)19)16-12-6-5-11(20-4)7-10(12)3/h5-7,9,13,16H,8H2,1-4H3. The number of hydrogen-bond acceptors (Lipinski definition) is 4. The summed E-state index contributed by atoms with van der Waals surface area (Å²) in [6.45, 7) is 5.62. The number of methoxy groups -OCH3 is 1. The number of aryl methyl sites for hydroxylation is 1. The van der Waals surface area contributed by atoms with E-state index in [0.29, 0.717) is 0 Å². The van der Waals surface area contributed by atoms with Gasteiger partial charge in [-0.15, -0.1) is 0 Å². The summed E-state index contributed by atoms with van der Waals surface area (Å²) >= 11 is 0. The lowest BCUT2D eigenvalue weighted by Gasteiger charge is -2.20. The van der Waals surface area contributed by atoms with Gasteiger partial charge in [-0.3, -0.25) is 14.5 Å². The van der Waals surface area contributed by atoms with Crippen LogP contribution in [-0.4, -0.2) is 35.9 Å². The Balaban J connectivity index is 2.15. The van der Waals surface area contributed by atoms with E-state index in [0.717, 1.165) is 17.0 Å². The van der Waals surface area contributed by atoms with Crippen molar-refractivity contribution in [2.75, 3.05) is 12.4 Å². The summed E-state index contributed by atoms with van der Waals surface area (Å²) in [6.07, 6.45) is 0.211. The topological polar surface area (TPSA) is 58.6 Å². The van der Waals surface area contributed by atoms with Crippen LogP contribution in [0, 0.1) is 6.92 Å². The Morgan fingerprint density at radius 2 is 2.05 bits per heavy atom. The van der Waals surface area contributed by atoms with E-state index in [1.165, 1.54) is 4.90 Å². The average molecular weight is 276 g/mol. The van der Waals surface area contributed by atoms with E-state index in [9.17, 15) is 9.59 Å². The monoisotopic (exact) mass is 276 g/mol. The molecule has 5 heteroatoms. The normalized spacial score (nSPS) is 18.9. The van der Waals surface area contributed by atoms with Crippen LogP contribution in [0.4, 0.5) is 5.69 Å². The van der Waals surface area contributed by atoms with Crippen LogP contribution in [0.3, 0.4) is 0 Å². The number of carbonyl (C=O) groups is 2. The Morgan fingerprint density at radius 3 is 2.55 bits per heavy atom. The Labute approximate surface area is 118 Å². The number of imide groups is 1. The molecule has 1 aliphatic heterocycles. The minimum absolute atomic E-state index is 0.0984. The van der Waals surface area contributed by atoms with Gasteiger partial charge < -0.3 is 10.1 Å². The fraction of sp³-hybridized carbons (Fsp3) is 0.467. The summed E-state index contributed by atoms with van der Waals surface area (Å²) in [5.41, 5.74) is 1.83. The maximum atomic E-state index is 12.2.